The Labute approximate surface area is 127 Å². The Hall–Kier alpha value is -1.06. The van der Waals surface area contributed by atoms with Crippen LogP contribution in [-0.4, -0.2) is 18.5 Å². The van der Waals surface area contributed by atoms with Crippen molar-refractivity contribution < 1.29 is 4.79 Å². The highest BCUT2D eigenvalue weighted by atomic mass is 35.5. The minimum absolute atomic E-state index is 0. The summed E-state index contributed by atoms with van der Waals surface area (Å²) in [5, 5.41) is 3.20. The second-order valence-electron chi connectivity index (χ2n) is 5.53. The lowest BCUT2D eigenvalue weighted by atomic mass is 9.84. The topological polar surface area (TPSA) is 55.1 Å². The zero-order valence-electron chi connectivity index (χ0n) is 12.0. The summed E-state index contributed by atoms with van der Waals surface area (Å²) in [4.78, 5) is 12.3. The molecule has 3 N–H and O–H groups in total. The number of hydrogen-bond donors (Lipinski definition) is 2. The molecule has 0 saturated heterocycles. The third-order valence-corrected chi connectivity index (χ3v) is 4.23. The summed E-state index contributed by atoms with van der Waals surface area (Å²) in [5.74, 6) is 0.471. The third-order valence-electron chi connectivity index (χ3n) is 4.23. The molecule has 2 rings (SSSR count). The average Bonchev–Trinajstić information content (AvgIpc) is 2.48. The molecule has 3 unspecified atom stereocenters. The van der Waals surface area contributed by atoms with Crippen molar-refractivity contribution in [3.05, 3.63) is 35.9 Å². The Morgan fingerprint density at radius 2 is 1.95 bits per heavy atom. The lowest BCUT2D eigenvalue weighted by Gasteiger charge is -2.32. The van der Waals surface area contributed by atoms with Gasteiger partial charge in [-0.2, -0.15) is 0 Å². The van der Waals surface area contributed by atoms with Crippen LogP contribution in [0.4, 0.5) is 0 Å². The van der Waals surface area contributed by atoms with Crippen LogP contribution in [0, 0.1) is 5.92 Å². The normalized spacial score (nSPS) is 23.5. The lowest BCUT2D eigenvalue weighted by molar-refractivity contribution is -0.123. The van der Waals surface area contributed by atoms with Gasteiger partial charge in [0, 0.05) is 6.04 Å². The van der Waals surface area contributed by atoms with E-state index in [0.717, 1.165) is 18.4 Å². The van der Waals surface area contributed by atoms with Gasteiger partial charge in [0.15, 0.2) is 0 Å². The van der Waals surface area contributed by atoms with Crippen molar-refractivity contribution >= 4 is 18.3 Å². The summed E-state index contributed by atoms with van der Waals surface area (Å²) in [5.41, 5.74) is 6.87. The first-order valence-electron chi connectivity index (χ1n) is 7.27. The Morgan fingerprint density at radius 3 is 2.60 bits per heavy atom. The summed E-state index contributed by atoms with van der Waals surface area (Å²) in [7, 11) is 0. The third kappa shape index (κ3) is 4.22. The summed E-state index contributed by atoms with van der Waals surface area (Å²) in [6.07, 6.45) is 4.64. The smallest absolute Gasteiger partial charge is 0.227 e. The van der Waals surface area contributed by atoms with Gasteiger partial charge in [0.1, 0.15) is 0 Å². The van der Waals surface area contributed by atoms with Crippen LogP contribution in [0.5, 0.6) is 0 Å². The van der Waals surface area contributed by atoms with Crippen molar-refractivity contribution in [2.45, 2.75) is 44.6 Å². The van der Waals surface area contributed by atoms with Crippen LogP contribution in [0.15, 0.2) is 30.3 Å². The first-order valence-corrected chi connectivity index (χ1v) is 7.27. The molecule has 20 heavy (non-hydrogen) atoms. The van der Waals surface area contributed by atoms with Crippen molar-refractivity contribution in [3.63, 3.8) is 0 Å². The van der Waals surface area contributed by atoms with Gasteiger partial charge in [-0.1, -0.05) is 43.2 Å². The van der Waals surface area contributed by atoms with Gasteiger partial charge in [-0.25, -0.2) is 0 Å². The number of nitrogens with two attached hydrogens (primary N) is 1. The van der Waals surface area contributed by atoms with Gasteiger partial charge in [0.05, 0.1) is 5.92 Å². The van der Waals surface area contributed by atoms with Gasteiger partial charge in [0.25, 0.3) is 0 Å². The van der Waals surface area contributed by atoms with E-state index in [9.17, 15) is 4.79 Å². The molecule has 1 aliphatic carbocycles. The Bertz CT molecular complexity index is 410. The summed E-state index contributed by atoms with van der Waals surface area (Å²) >= 11 is 0. The molecular formula is C16H25ClN2O. The van der Waals surface area contributed by atoms with Crippen LogP contribution >= 0.6 is 12.4 Å². The number of halogens is 1. The van der Waals surface area contributed by atoms with Crippen molar-refractivity contribution in [1.82, 2.24) is 5.32 Å². The SMILES string of the molecule is CC(C(=O)NC1CCCCC1CN)c1ccccc1.Cl. The number of hydrogen-bond acceptors (Lipinski definition) is 2. The fourth-order valence-corrected chi connectivity index (χ4v) is 2.88. The molecule has 1 aliphatic rings. The molecule has 0 aromatic heterocycles. The molecular weight excluding hydrogens is 272 g/mol. The summed E-state index contributed by atoms with van der Waals surface area (Å²) in [6, 6.07) is 10.2. The minimum Gasteiger partial charge on any atom is -0.353 e. The zero-order valence-corrected chi connectivity index (χ0v) is 12.9. The molecule has 0 heterocycles. The average molecular weight is 297 g/mol. The molecule has 4 heteroatoms. The van der Waals surface area contributed by atoms with Gasteiger partial charge in [-0.05, 0) is 37.8 Å². The van der Waals surface area contributed by atoms with Crippen LogP contribution in [0.1, 0.15) is 44.1 Å². The van der Waals surface area contributed by atoms with Gasteiger partial charge in [-0.15, -0.1) is 12.4 Å². The van der Waals surface area contributed by atoms with E-state index in [-0.39, 0.29) is 30.3 Å². The molecule has 1 aromatic rings. The fraction of sp³-hybridized carbons (Fsp3) is 0.562. The van der Waals surface area contributed by atoms with E-state index in [1.54, 1.807) is 0 Å². The number of benzene rings is 1. The molecule has 1 aromatic carbocycles. The van der Waals surface area contributed by atoms with Gasteiger partial charge < -0.3 is 11.1 Å². The maximum absolute atomic E-state index is 12.3. The highest BCUT2D eigenvalue weighted by Crippen LogP contribution is 2.24. The van der Waals surface area contributed by atoms with E-state index in [1.807, 2.05) is 37.3 Å². The molecule has 112 valence electrons. The predicted octanol–water partition coefficient (Wildman–Crippen LogP) is 2.85. The molecule has 1 saturated carbocycles. The maximum Gasteiger partial charge on any atom is 0.227 e. The number of rotatable bonds is 4. The van der Waals surface area contributed by atoms with Gasteiger partial charge in [0.2, 0.25) is 5.91 Å². The summed E-state index contributed by atoms with van der Waals surface area (Å²) in [6.45, 7) is 2.63. The quantitative estimate of drug-likeness (QED) is 0.897. The molecule has 0 radical (unpaired) electrons. The van der Waals surface area contributed by atoms with Crippen molar-refractivity contribution in [2.75, 3.05) is 6.54 Å². The monoisotopic (exact) mass is 296 g/mol. The number of carbonyl (C=O) groups excluding carboxylic acids is 1. The van der Waals surface area contributed by atoms with Gasteiger partial charge >= 0.3 is 0 Å². The standard InChI is InChI=1S/C16H24N2O.ClH/c1-12(13-7-3-2-4-8-13)16(19)18-15-10-6-5-9-14(15)11-17;/h2-4,7-8,12,14-15H,5-6,9-11,17H2,1H3,(H,18,19);1H. The maximum atomic E-state index is 12.3. The number of carbonyl (C=O) groups is 1. The lowest BCUT2D eigenvalue weighted by Crippen LogP contribution is -2.46. The van der Waals surface area contributed by atoms with Crippen molar-refractivity contribution in [3.8, 4) is 0 Å². The zero-order chi connectivity index (χ0) is 13.7. The summed E-state index contributed by atoms with van der Waals surface area (Å²) < 4.78 is 0. The van der Waals surface area contributed by atoms with E-state index >= 15 is 0 Å². The Morgan fingerprint density at radius 1 is 1.30 bits per heavy atom. The van der Waals surface area contributed by atoms with Gasteiger partial charge in [-0.3, -0.25) is 4.79 Å². The highest BCUT2D eigenvalue weighted by Gasteiger charge is 2.27. The van der Waals surface area contributed by atoms with E-state index < -0.39 is 0 Å². The molecule has 0 spiro atoms. The second kappa shape index (κ2) is 8.28. The molecule has 3 atom stereocenters. The van der Waals surface area contributed by atoms with Crippen LogP contribution in [-0.2, 0) is 4.79 Å². The van der Waals surface area contributed by atoms with Crippen molar-refractivity contribution in [2.24, 2.45) is 11.7 Å². The number of nitrogens with one attached hydrogen (secondary N) is 1. The first-order chi connectivity index (χ1) is 9.22. The van der Waals surface area contributed by atoms with E-state index in [4.69, 9.17) is 5.73 Å². The van der Waals surface area contributed by atoms with E-state index in [1.165, 1.54) is 12.8 Å². The van der Waals surface area contributed by atoms with Crippen molar-refractivity contribution in [1.29, 1.82) is 0 Å². The molecule has 1 fully saturated rings. The molecule has 1 amide bonds. The second-order valence-corrected chi connectivity index (χ2v) is 5.53. The van der Waals surface area contributed by atoms with Crippen LogP contribution < -0.4 is 11.1 Å². The predicted molar refractivity (Wildman–Crippen MR) is 85.0 cm³/mol. The molecule has 3 nitrogen and oxygen atoms in total. The van der Waals surface area contributed by atoms with Crippen LogP contribution in [0.3, 0.4) is 0 Å². The Balaban J connectivity index is 0.00000200. The van der Waals surface area contributed by atoms with E-state index in [0.29, 0.717) is 12.5 Å². The fourth-order valence-electron chi connectivity index (χ4n) is 2.88. The molecule has 0 bridgehead atoms. The highest BCUT2D eigenvalue weighted by molar-refractivity contribution is 5.85. The number of amides is 1. The molecule has 0 aliphatic heterocycles. The largest absolute Gasteiger partial charge is 0.353 e. The van der Waals surface area contributed by atoms with E-state index in [2.05, 4.69) is 5.32 Å². The van der Waals surface area contributed by atoms with Crippen LogP contribution in [0.2, 0.25) is 0 Å². The Kier molecular flexibility index (Phi) is 7.03. The first kappa shape index (κ1) is 17.0. The van der Waals surface area contributed by atoms with Crippen LogP contribution in [0.25, 0.3) is 0 Å². The minimum atomic E-state index is -0.0958.